The van der Waals surface area contributed by atoms with Gasteiger partial charge in [-0.2, -0.15) is 20.8 Å². The van der Waals surface area contributed by atoms with Crippen LogP contribution in [0.25, 0.3) is 5.32 Å². The Balaban J connectivity index is -0.000000162. The summed E-state index contributed by atoms with van der Waals surface area (Å²) in [5.74, 6) is 1.42. The summed E-state index contributed by atoms with van der Waals surface area (Å²) in [7, 11) is 0. The van der Waals surface area contributed by atoms with Gasteiger partial charge in [0.15, 0.2) is 0 Å². The van der Waals surface area contributed by atoms with Crippen LogP contribution in [-0.4, -0.2) is 33.7 Å². The molecule has 2 saturated heterocycles. The van der Waals surface area contributed by atoms with E-state index in [2.05, 4.69) is 26.1 Å². The minimum atomic E-state index is 0. The molecule has 0 spiro atoms. The molecule has 2 atom stereocenters. The maximum Gasteiger partial charge on any atom is 2.00 e. The molecule has 15 heavy (non-hydrogen) atoms. The molecule has 0 aromatic carbocycles. The third kappa shape index (κ3) is 11.3. The monoisotopic (exact) mass is 434 g/mol. The molecule has 0 N–H and O–H groups in total. The van der Waals surface area contributed by atoms with Crippen molar-refractivity contribution in [2.45, 2.75) is 53.2 Å². The second kappa shape index (κ2) is 13.1. The maximum absolute atomic E-state index is 5.26. The third-order valence-corrected chi connectivity index (χ3v) is 1.63. The van der Waals surface area contributed by atoms with Gasteiger partial charge in [0.25, 0.3) is 0 Å². The van der Waals surface area contributed by atoms with Crippen molar-refractivity contribution in [2.75, 3.05) is 13.2 Å². The van der Waals surface area contributed by atoms with E-state index in [9.17, 15) is 0 Å². The Bertz CT molecular complexity index is 104. The van der Waals surface area contributed by atoms with Crippen LogP contribution < -0.4 is 0 Å². The van der Waals surface area contributed by atoms with E-state index < -0.39 is 0 Å². The van der Waals surface area contributed by atoms with Gasteiger partial charge < -0.3 is 16.0 Å². The van der Waals surface area contributed by atoms with Crippen molar-refractivity contribution < 1.29 is 35.9 Å². The Labute approximate surface area is 121 Å². The van der Waals surface area contributed by atoms with Gasteiger partial charge in [-0.1, -0.05) is 13.8 Å². The molecule has 0 aromatic rings. The van der Waals surface area contributed by atoms with Crippen LogP contribution in [0, 0.1) is 37.0 Å². The summed E-state index contributed by atoms with van der Waals surface area (Å²) in [5, 5.41) is 4.28. The van der Waals surface area contributed by atoms with Gasteiger partial charge in [0, 0.05) is 21.1 Å². The summed E-state index contributed by atoms with van der Waals surface area (Å²) in [5.41, 5.74) is 0. The second-order valence-electron chi connectivity index (χ2n) is 3.71. The normalized spacial score (nSPS) is 25.2. The van der Waals surface area contributed by atoms with Crippen molar-refractivity contribution in [2.24, 2.45) is 0 Å². The maximum atomic E-state index is 5.26. The van der Waals surface area contributed by atoms with E-state index in [1.54, 1.807) is 0 Å². The first-order chi connectivity index (χ1) is 6.18. The van der Waals surface area contributed by atoms with E-state index in [0.717, 1.165) is 13.2 Å². The number of hydrogen-bond acceptors (Lipinski definition) is 1. The molecule has 3 radical (unpaired) electrons. The molecule has 2 unspecified atom stereocenters. The van der Waals surface area contributed by atoms with Crippen molar-refractivity contribution in [3.05, 3.63) is 11.2 Å². The smallest absolute Gasteiger partial charge is 0.655 e. The third-order valence-electron chi connectivity index (χ3n) is 1.63. The first kappa shape index (κ1) is 21.3. The van der Waals surface area contributed by atoms with Crippen LogP contribution >= 0.6 is 0 Å². The first-order valence-corrected chi connectivity index (χ1v) is 5.23. The summed E-state index contributed by atoms with van der Waals surface area (Å²) < 4.78 is 5.26. The molecular weight excluding hydrogens is 411 g/mol. The number of rotatable bonds is 0. The number of morpholine rings is 1. The van der Waals surface area contributed by atoms with E-state index in [0.29, 0.717) is 12.1 Å². The van der Waals surface area contributed by atoms with Crippen LogP contribution in [0.15, 0.2) is 0 Å². The van der Waals surface area contributed by atoms with Gasteiger partial charge in [-0.05, 0) is 6.42 Å². The zero-order valence-corrected chi connectivity index (χ0v) is 14.9. The number of nitrogens with zero attached hydrogens (tertiary/aromatic N) is 1. The minimum Gasteiger partial charge on any atom is -0.655 e. The molecule has 0 amide bonds. The van der Waals surface area contributed by atoms with Gasteiger partial charge in [0.2, 0.25) is 0 Å². The van der Waals surface area contributed by atoms with Gasteiger partial charge in [-0.25, -0.2) is 0 Å². The quantitative estimate of drug-likeness (QED) is 0.425. The molecule has 0 saturated carbocycles. The Kier molecular flexibility index (Phi) is 18.6. The molecule has 2 fully saturated rings. The zero-order chi connectivity index (χ0) is 10.3. The van der Waals surface area contributed by atoms with Crippen molar-refractivity contribution in [1.82, 2.24) is 0 Å². The van der Waals surface area contributed by atoms with E-state index >= 15 is 0 Å². The van der Waals surface area contributed by atoms with Crippen LogP contribution in [0.2, 0.25) is 0 Å². The average Bonchev–Trinajstić information content (AvgIpc) is 2.69. The van der Waals surface area contributed by atoms with Crippen molar-refractivity contribution >= 4 is 8.41 Å². The molecule has 2 bridgehead atoms. The minimum absolute atomic E-state index is 0. The fourth-order valence-corrected chi connectivity index (χ4v) is 1.21. The molecule has 2 heterocycles. The van der Waals surface area contributed by atoms with Crippen LogP contribution in [0.5, 0.6) is 0 Å². The second-order valence-corrected chi connectivity index (χ2v) is 3.71. The molecule has 2 rings (SSSR count). The molecule has 2 nitrogen and oxygen atoms in total. The summed E-state index contributed by atoms with van der Waals surface area (Å²) in [6.45, 7) is 12.1. The average molecular weight is 434 g/mol. The van der Waals surface area contributed by atoms with Crippen LogP contribution in [0.4, 0.5) is 0 Å². The van der Waals surface area contributed by atoms with Gasteiger partial charge in [-0.3, -0.25) is 0 Å². The Morgan fingerprint density at radius 2 is 1.67 bits per heavy atom. The fraction of sp³-hybridized carbons (Fsp3) is 0.909. The van der Waals surface area contributed by atoms with Gasteiger partial charge >= 0.3 is 31.1 Å². The Morgan fingerprint density at radius 3 is 1.73 bits per heavy atom. The van der Waals surface area contributed by atoms with E-state index in [1.165, 1.54) is 12.3 Å². The summed E-state index contributed by atoms with van der Waals surface area (Å²) in [6, 6.07) is 0.574. The number of ether oxygens (including phenoxy) is 1. The zero-order valence-electron chi connectivity index (χ0n) is 10.7. The summed E-state index contributed by atoms with van der Waals surface area (Å²) >= 11 is 0. The molecule has 0 aromatic heterocycles. The molecule has 85 valence electrons. The first-order valence-electron chi connectivity index (χ1n) is 5.23. The van der Waals surface area contributed by atoms with Gasteiger partial charge in [-0.15, -0.1) is 12.6 Å². The van der Waals surface area contributed by atoms with Crippen molar-refractivity contribution in [1.29, 1.82) is 0 Å². The van der Waals surface area contributed by atoms with E-state index in [1.807, 2.05) is 13.8 Å². The summed E-state index contributed by atoms with van der Waals surface area (Å²) in [4.78, 5) is 0. The SMILES string of the molecule is C1OC2C[N-]C1C2.CC.C[C-](C)C.[B].[U+2]. The predicted molar refractivity (Wildman–Crippen MR) is 63.7 cm³/mol. The molecule has 2 aliphatic heterocycles. The van der Waals surface area contributed by atoms with Crippen molar-refractivity contribution in [3.8, 4) is 0 Å². The number of fused-ring (bicyclic) bond motifs is 2. The fourth-order valence-electron chi connectivity index (χ4n) is 1.21. The van der Waals surface area contributed by atoms with E-state index in [-0.39, 0.29) is 39.5 Å². The van der Waals surface area contributed by atoms with E-state index in [4.69, 9.17) is 4.74 Å². The van der Waals surface area contributed by atoms with Crippen molar-refractivity contribution in [3.63, 3.8) is 0 Å². The predicted octanol–water partition coefficient (Wildman–Crippen LogP) is 2.80. The molecule has 4 heteroatoms. The van der Waals surface area contributed by atoms with Crippen LogP contribution in [-0.2, 0) is 4.74 Å². The molecule has 2 aliphatic rings. The molecule has 0 aliphatic carbocycles. The van der Waals surface area contributed by atoms with Gasteiger partial charge in [0.05, 0.1) is 0 Å². The van der Waals surface area contributed by atoms with Crippen LogP contribution in [0.1, 0.15) is 41.0 Å². The largest absolute Gasteiger partial charge is 2.00 e. The number of hydrogen-bond donors (Lipinski definition) is 0. The van der Waals surface area contributed by atoms with Gasteiger partial charge in [0.1, 0.15) is 0 Å². The Morgan fingerprint density at radius 1 is 1.20 bits per heavy atom. The standard InChI is InChI=1S/C5H8NO.C4H9.C2H6.B.U/c1-4-3-7-5(1)2-6-4;1-4(2)3;1-2;;/h4-5H,1-3H2;1-3H3;1-2H3;;/q2*-1;;;+2. The molecular formula is C11H23BNOU. The Hall–Kier alpha value is 1.04. The summed E-state index contributed by atoms with van der Waals surface area (Å²) in [6.07, 6.45) is 1.70. The topological polar surface area (TPSA) is 23.3 Å². The van der Waals surface area contributed by atoms with Crippen LogP contribution in [0.3, 0.4) is 0 Å².